The zero-order valence-electron chi connectivity index (χ0n) is 9.92. The van der Waals surface area contributed by atoms with Gasteiger partial charge in [-0.2, -0.15) is 0 Å². The lowest BCUT2D eigenvalue weighted by atomic mass is 9.72. The second-order valence-electron chi connectivity index (χ2n) is 5.18. The normalized spacial score (nSPS) is 19.6. The second kappa shape index (κ2) is 6.04. The van der Waals surface area contributed by atoms with Crippen LogP contribution < -0.4 is 0 Å². The Morgan fingerprint density at radius 3 is 2.31 bits per heavy atom. The summed E-state index contributed by atoms with van der Waals surface area (Å²) in [5, 5.41) is 0. The summed E-state index contributed by atoms with van der Waals surface area (Å²) in [7, 11) is 0. The van der Waals surface area contributed by atoms with Gasteiger partial charge in [0.2, 0.25) is 0 Å². The first-order chi connectivity index (χ1) is 7.85. The van der Waals surface area contributed by atoms with Gasteiger partial charge in [0.25, 0.3) is 0 Å². The van der Waals surface area contributed by atoms with Gasteiger partial charge in [-0.1, -0.05) is 72.2 Å². The number of hydrogen-bond donors (Lipinski definition) is 0. The van der Waals surface area contributed by atoms with E-state index in [0.717, 1.165) is 0 Å². The van der Waals surface area contributed by atoms with Crippen LogP contribution in [-0.2, 0) is 6.42 Å². The number of halogens is 1. The number of hydrogen-bond acceptors (Lipinski definition) is 0. The fraction of sp³-hybridized carbons (Fsp3) is 0.600. The monoisotopic (exact) mass is 328 g/mol. The number of rotatable bonds is 4. The predicted octanol–water partition coefficient (Wildman–Crippen LogP) is 5.00. The highest BCUT2D eigenvalue weighted by Crippen LogP contribution is 2.41. The lowest BCUT2D eigenvalue weighted by Crippen LogP contribution is -2.26. The summed E-state index contributed by atoms with van der Waals surface area (Å²) < 4.78 is 1.34. The topological polar surface area (TPSA) is 0 Å². The van der Waals surface area contributed by atoms with Crippen LogP contribution in [-0.4, -0.2) is 4.43 Å². The Hall–Kier alpha value is -0.0500. The van der Waals surface area contributed by atoms with Gasteiger partial charge in [0, 0.05) is 4.43 Å². The number of aryl methyl sites for hydroxylation is 1. The van der Waals surface area contributed by atoms with Crippen LogP contribution in [0.5, 0.6) is 0 Å². The van der Waals surface area contributed by atoms with E-state index < -0.39 is 0 Å². The van der Waals surface area contributed by atoms with Crippen LogP contribution in [0.15, 0.2) is 30.3 Å². The van der Waals surface area contributed by atoms with Crippen LogP contribution in [0.3, 0.4) is 0 Å². The first kappa shape index (κ1) is 12.4. The Labute approximate surface area is 113 Å². The van der Waals surface area contributed by atoms with E-state index >= 15 is 0 Å². The first-order valence-corrected chi connectivity index (χ1v) is 7.97. The first-order valence-electron chi connectivity index (χ1n) is 6.45. The van der Waals surface area contributed by atoms with Gasteiger partial charge in [-0.25, -0.2) is 0 Å². The second-order valence-corrected chi connectivity index (χ2v) is 5.94. The van der Waals surface area contributed by atoms with Crippen LogP contribution >= 0.6 is 22.6 Å². The van der Waals surface area contributed by atoms with Crippen molar-refractivity contribution in [1.29, 1.82) is 0 Å². The third-order valence-corrected chi connectivity index (χ3v) is 5.60. The molecule has 0 aliphatic heterocycles. The Bertz CT molecular complexity index is 298. The maximum absolute atomic E-state index is 2.60. The van der Waals surface area contributed by atoms with E-state index in [1.807, 2.05) is 0 Å². The third kappa shape index (κ3) is 3.22. The SMILES string of the molecule is ICC1(CCc2ccccc2)CCCCC1. The van der Waals surface area contributed by atoms with Crippen molar-refractivity contribution in [3.8, 4) is 0 Å². The van der Waals surface area contributed by atoms with Crippen molar-refractivity contribution in [2.45, 2.75) is 44.9 Å². The van der Waals surface area contributed by atoms with E-state index in [4.69, 9.17) is 0 Å². The standard InChI is InChI=1S/C15H21I/c16-13-15(10-5-2-6-11-15)12-9-14-7-3-1-4-8-14/h1,3-4,7-8H,2,5-6,9-13H2. The number of alkyl halides is 1. The van der Waals surface area contributed by atoms with Crippen molar-refractivity contribution in [3.63, 3.8) is 0 Å². The van der Waals surface area contributed by atoms with E-state index in [1.165, 1.54) is 54.9 Å². The molecule has 0 aromatic heterocycles. The largest absolute Gasteiger partial charge is 0.0858 e. The molecule has 0 saturated heterocycles. The molecule has 0 amide bonds. The van der Waals surface area contributed by atoms with E-state index in [1.54, 1.807) is 0 Å². The molecule has 0 radical (unpaired) electrons. The van der Waals surface area contributed by atoms with Crippen LogP contribution in [0.4, 0.5) is 0 Å². The zero-order chi connectivity index (χ0) is 11.3. The molecule has 0 heterocycles. The van der Waals surface area contributed by atoms with Gasteiger partial charge in [-0.05, 0) is 36.7 Å². The maximum atomic E-state index is 2.60. The number of benzene rings is 1. The minimum atomic E-state index is 0.661. The molecule has 0 atom stereocenters. The fourth-order valence-electron chi connectivity index (χ4n) is 2.81. The highest BCUT2D eigenvalue weighted by Gasteiger charge is 2.30. The van der Waals surface area contributed by atoms with E-state index in [-0.39, 0.29) is 0 Å². The Balaban J connectivity index is 1.92. The van der Waals surface area contributed by atoms with Gasteiger partial charge in [0.05, 0.1) is 0 Å². The molecule has 0 unspecified atom stereocenters. The third-order valence-electron chi connectivity index (χ3n) is 3.98. The van der Waals surface area contributed by atoms with E-state index in [0.29, 0.717) is 5.41 Å². The van der Waals surface area contributed by atoms with Crippen LogP contribution in [0.2, 0.25) is 0 Å². The van der Waals surface area contributed by atoms with Gasteiger partial charge in [0.15, 0.2) is 0 Å². The quantitative estimate of drug-likeness (QED) is 0.539. The molecule has 0 N–H and O–H groups in total. The molecule has 0 nitrogen and oxygen atoms in total. The summed E-state index contributed by atoms with van der Waals surface area (Å²) in [6.07, 6.45) is 9.95. The van der Waals surface area contributed by atoms with Crippen LogP contribution in [0.1, 0.15) is 44.1 Å². The van der Waals surface area contributed by atoms with Crippen molar-refractivity contribution in [3.05, 3.63) is 35.9 Å². The van der Waals surface area contributed by atoms with Gasteiger partial charge in [0.1, 0.15) is 0 Å². The molecule has 0 spiro atoms. The molecular formula is C15H21I. The Kier molecular flexibility index (Phi) is 4.68. The van der Waals surface area contributed by atoms with Crippen molar-refractivity contribution in [2.24, 2.45) is 5.41 Å². The van der Waals surface area contributed by atoms with Gasteiger partial charge in [-0.15, -0.1) is 0 Å². The van der Waals surface area contributed by atoms with Crippen LogP contribution in [0.25, 0.3) is 0 Å². The van der Waals surface area contributed by atoms with Crippen molar-refractivity contribution < 1.29 is 0 Å². The lowest BCUT2D eigenvalue weighted by molar-refractivity contribution is 0.210. The van der Waals surface area contributed by atoms with E-state index in [2.05, 4.69) is 52.9 Å². The lowest BCUT2D eigenvalue weighted by Gasteiger charge is -2.36. The highest BCUT2D eigenvalue weighted by atomic mass is 127. The zero-order valence-corrected chi connectivity index (χ0v) is 12.1. The molecular weight excluding hydrogens is 307 g/mol. The Morgan fingerprint density at radius 2 is 1.69 bits per heavy atom. The van der Waals surface area contributed by atoms with Gasteiger partial charge >= 0.3 is 0 Å². The fourth-order valence-corrected chi connectivity index (χ4v) is 3.95. The summed E-state index contributed by atoms with van der Waals surface area (Å²) in [5.74, 6) is 0. The molecule has 1 aliphatic carbocycles. The summed E-state index contributed by atoms with van der Waals surface area (Å²) in [6.45, 7) is 0. The molecule has 1 saturated carbocycles. The smallest absolute Gasteiger partial charge is 0.00521 e. The molecule has 1 aromatic rings. The molecule has 1 heteroatoms. The average molecular weight is 328 g/mol. The van der Waals surface area contributed by atoms with Crippen molar-refractivity contribution in [2.75, 3.05) is 4.43 Å². The highest BCUT2D eigenvalue weighted by molar-refractivity contribution is 14.1. The van der Waals surface area contributed by atoms with Crippen molar-refractivity contribution in [1.82, 2.24) is 0 Å². The minimum absolute atomic E-state index is 0.661. The summed E-state index contributed by atoms with van der Waals surface area (Å²) >= 11 is 2.60. The van der Waals surface area contributed by atoms with Crippen LogP contribution in [0, 0.1) is 5.41 Å². The van der Waals surface area contributed by atoms with E-state index in [9.17, 15) is 0 Å². The summed E-state index contributed by atoms with van der Waals surface area (Å²) in [5.41, 5.74) is 2.17. The molecule has 2 rings (SSSR count). The molecule has 1 aromatic carbocycles. The maximum Gasteiger partial charge on any atom is 0.00521 e. The summed E-state index contributed by atoms with van der Waals surface area (Å²) in [4.78, 5) is 0. The molecule has 16 heavy (non-hydrogen) atoms. The molecule has 1 fully saturated rings. The predicted molar refractivity (Wildman–Crippen MR) is 79.2 cm³/mol. The molecule has 88 valence electrons. The van der Waals surface area contributed by atoms with Gasteiger partial charge < -0.3 is 0 Å². The summed E-state index contributed by atoms with van der Waals surface area (Å²) in [6, 6.07) is 11.0. The molecule has 1 aliphatic rings. The average Bonchev–Trinajstić information content (AvgIpc) is 2.39. The molecule has 0 bridgehead atoms. The van der Waals surface area contributed by atoms with Crippen molar-refractivity contribution >= 4 is 22.6 Å². The Morgan fingerprint density at radius 1 is 1.00 bits per heavy atom. The minimum Gasteiger partial charge on any atom is -0.0858 e. The van der Waals surface area contributed by atoms with Gasteiger partial charge in [-0.3, -0.25) is 0 Å².